The number of benzene rings is 1. The van der Waals surface area contributed by atoms with Gasteiger partial charge in [0.05, 0.1) is 24.6 Å². The van der Waals surface area contributed by atoms with E-state index in [0.29, 0.717) is 16.4 Å². The normalized spacial score (nSPS) is 10.8. The topological polar surface area (TPSA) is 86.2 Å². The highest BCUT2D eigenvalue weighted by Crippen LogP contribution is 2.40. The van der Waals surface area contributed by atoms with Gasteiger partial charge < -0.3 is 9.47 Å². The molecule has 0 saturated heterocycles. The summed E-state index contributed by atoms with van der Waals surface area (Å²) in [6.45, 7) is 1.95. The number of methoxy groups -OCH3 is 2. The molecule has 0 aliphatic rings. The Bertz CT molecular complexity index is 1150. The number of pyridine rings is 1. The standard InChI is InChI=1S/C19H16N4O3S2/c1-10-4-5-11(8-20-10)17-21-13(9-27-17)12-6-7-14(25-2)15-16(12)28-18(22-15)23-19(24)26-3/h4-9H,1-3H3,(H,22,23,24). The molecule has 9 heteroatoms. The van der Waals surface area contributed by atoms with Gasteiger partial charge in [-0.05, 0) is 31.2 Å². The fraction of sp³-hybridized carbons (Fsp3) is 0.158. The third kappa shape index (κ3) is 3.41. The van der Waals surface area contributed by atoms with Crippen LogP contribution in [0.2, 0.25) is 0 Å². The van der Waals surface area contributed by atoms with E-state index >= 15 is 0 Å². The number of hydrogen-bond donors (Lipinski definition) is 1. The molecular formula is C19H16N4O3S2. The third-order valence-corrected chi connectivity index (χ3v) is 5.95. The Morgan fingerprint density at radius 1 is 1.14 bits per heavy atom. The number of hydrogen-bond acceptors (Lipinski definition) is 8. The Morgan fingerprint density at radius 3 is 2.71 bits per heavy atom. The smallest absolute Gasteiger partial charge is 0.413 e. The first-order valence-corrected chi connectivity index (χ1v) is 10.00. The molecule has 0 aliphatic heterocycles. The van der Waals surface area contributed by atoms with Crippen molar-refractivity contribution >= 4 is 44.1 Å². The summed E-state index contributed by atoms with van der Waals surface area (Å²) in [6.07, 6.45) is 1.26. The molecule has 0 spiro atoms. The van der Waals surface area contributed by atoms with Crippen LogP contribution in [0.3, 0.4) is 0 Å². The molecule has 4 rings (SSSR count). The number of aryl methyl sites for hydroxylation is 1. The Balaban J connectivity index is 1.78. The van der Waals surface area contributed by atoms with Gasteiger partial charge in [-0.1, -0.05) is 11.3 Å². The van der Waals surface area contributed by atoms with Gasteiger partial charge in [-0.3, -0.25) is 10.3 Å². The number of anilines is 1. The molecule has 7 nitrogen and oxygen atoms in total. The minimum atomic E-state index is -0.567. The summed E-state index contributed by atoms with van der Waals surface area (Å²) in [4.78, 5) is 25.1. The van der Waals surface area contributed by atoms with Crippen molar-refractivity contribution in [2.75, 3.05) is 19.5 Å². The summed E-state index contributed by atoms with van der Waals surface area (Å²) >= 11 is 2.90. The zero-order valence-corrected chi connectivity index (χ0v) is 17.0. The van der Waals surface area contributed by atoms with Crippen LogP contribution in [0.15, 0.2) is 35.8 Å². The van der Waals surface area contributed by atoms with Gasteiger partial charge in [0.1, 0.15) is 16.3 Å². The Morgan fingerprint density at radius 2 is 2.00 bits per heavy atom. The zero-order chi connectivity index (χ0) is 19.7. The van der Waals surface area contributed by atoms with Gasteiger partial charge in [-0.2, -0.15) is 0 Å². The van der Waals surface area contributed by atoms with Crippen LogP contribution < -0.4 is 10.1 Å². The van der Waals surface area contributed by atoms with E-state index in [-0.39, 0.29) is 0 Å². The van der Waals surface area contributed by atoms with Crippen molar-refractivity contribution in [3.05, 3.63) is 41.5 Å². The molecule has 0 bridgehead atoms. The van der Waals surface area contributed by atoms with Gasteiger partial charge in [0.25, 0.3) is 0 Å². The van der Waals surface area contributed by atoms with E-state index < -0.39 is 6.09 Å². The lowest BCUT2D eigenvalue weighted by Gasteiger charge is -2.03. The summed E-state index contributed by atoms with van der Waals surface area (Å²) in [5, 5.41) is 5.94. The molecule has 0 aliphatic carbocycles. The number of ether oxygens (including phenoxy) is 2. The Hall–Kier alpha value is -3.04. The van der Waals surface area contributed by atoms with Crippen molar-refractivity contribution < 1.29 is 14.3 Å². The van der Waals surface area contributed by atoms with Crippen molar-refractivity contribution in [3.63, 3.8) is 0 Å². The lowest BCUT2D eigenvalue weighted by molar-refractivity contribution is 0.187. The number of rotatable bonds is 4. The van der Waals surface area contributed by atoms with E-state index in [4.69, 9.17) is 9.72 Å². The highest BCUT2D eigenvalue weighted by atomic mass is 32.1. The van der Waals surface area contributed by atoms with Crippen molar-refractivity contribution in [1.29, 1.82) is 0 Å². The van der Waals surface area contributed by atoms with Crippen molar-refractivity contribution in [1.82, 2.24) is 15.0 Å². The SMILES string of the molecule is COC(=O)Nc1nc2c(OC)ccc(-c3csc(-c4ccc(C)nc4)n3)c2s1. The number of aromatic nitrogens is 3. The van der Waals surface area contributed by atoms with Crippen LogP contribution in [0.4, 0.5) is 9.93 Å². The molecular weight excluding hydrogens is 396 g/mol. The molecule has 0 unspecified atom stereocenters. The van der Waals surface area contributed by atoms with Crippen LogP contribution in [-0.4, -0.2) is 35.3 Å². The van der Waals surface area contributed by atoms with Gasteiger partial charge in [-0.15, -0.1) is 11.3 Å². The predicted octanol–water partition coefficient (Wildman–Crippen LogP) is 4.98. The molecule has 1 N–H and O–H groups in total. The fourth-order valence-corrected chi connectivity index (χ4v) is 4.47. The molecule has 1 aromatic carbocycles. The monoisotopic (exact) mass is 412 g/mol. The molecule has 28 heavy (non-hydrogen) atoms. The third-order valence-electron chi connectivity index (χ3n) is 4.06. The van der Waals surface area contributed by atoms with E-state index in [1.54, 1.807) is 18.4 Å². The number of thiazole rings is 2. The van der Waals surface area contributed by atoms with Crippen molar-refractivity contribution in [2.24, 2.45) is 0 Å². The lowest BCUT2D eigenvalue weighted by atomic mass is 10.1. The molecule has 0 fully saturated rings. The number of nitrogens with one attached hydrogen (secondary N) is 1. The summed E-state index contributed by atoms with van der Waals surface area (Å²) in [7, 11) is 2.90. The highest BCUT2D eigenvalue weighted by molar-refractivity contribution is 7.23. The van der Waals surface area contributed by atoms with Crippen LogP contribution in [0.1, 0.15) is 5.69 Å². The highest BCUT2D eigenvalue weighted by Gasteiger charge is 2.17. The number of carbonyl (C=O) groups is 1. The van der Waals surface area contributed by atoms with Gasteiger partial charge >= 0.3 is 6.09 Å². The molecule has 3 aromatic heterocycles. The van der Waals surface area contributed by atoms with Crippen LogP contribution >= 0.6 is 22.7 Å². The fourth-order valence-electron chi connectivity index (χ4n) is 2.67. The van der Waals surface area contributed by atoms with Gasteiger partial charge in [0.15, 0.2) is 5.13 Å². The predicted molar refractivity (Wildman–Crippen MR) is 111 cm³/mol. The second kappa shape index (κ2) is 7.53. The number of nitrogens with zero attached hydrogens (tertiary/aromatic N) is 3. The molecule has 1 amide bonds. The van der Waals surface area contributed by atoms with E-state index in [9.17, 15) is 4.79 Å². The van der Waals surface area contributed by atoms with Crippen LogP contribution in [0.5, 0.6) is 5.75 Å². The maximum atomic E-state index is 11.5. The Labute approximate surface area is 169 Å². The van der Waals surface area contributed by atoms with Crippen LogP contribution in [0, 0.1) is 6.92 Å². The largest absolute Gasteiger partial charge is 0.494 e. The van der Waals surface area contributed by atoms with E-state index in [0.717, 1.165) is 32.2 Å². The molecule has 4 aromatic rings. The summed E-state index contributed by atoms with van der Waals surface area (Å²) in [5.74, 6) is 0.631. The van der Waals surface area contributed by atoms with E-state index in [1.807, 2.05) is 42.8 Å². The minimum absolute atomic E-state index is 0.436. The first kappa shape index (κ1) is 18.3. The number of amides is 1. The number of carbonyl (C=O) groups excluding carboxylic acids is 1. The van der Waals surface area contributed by atoms with Crippen molar-refractivity contribution in [2.45, 2.75) is 6.92 Å². The lowest BCUT2D eigenvalue weighted by Crippen LogP contribution is -2.10. The van der Waals surface area contributed by atoms with Crippen molar-refractivity contribution in [3.8, 4) is 27.6 Å². The minimum Gasteiger partial charge on any atom is -0.494 e. The van der Waals surface area contributed by atoms with Crippen LogP contribution in [-0.2, 0) is 4.74 Å². The molecule has 142 valence electrons. The zero-order valence-electron chi connectivity index (χ0n) is 15.3. The second-order valence-corrected chi connectivity index (χ2v) is 7.71. The van der Waals surface area contributed by atoms with Crippen LogP contribution in [0.25, 0.3) is 32.0 Å². The summed E-state index contributed by atoms with van der Waals surface area (Å²) < 4.78 is 11.0. The maximum absolute atomic E-state index is 11.5. The summed E-state index contributed by atoms with van der Waals surface area (Å²) in [5.41, 5.74) is 4.37. The Kier molecular flexibility index (Phi) is 4.93. The molecule has 3 heterocycles. The molecule has 0 radical (unpaired) electrons. The summed E-state index contributed by atoms with van der Waals surface area (Å²) in [6, 6.07) is 7.79. The average molecular weight is 412 g/mol. The second-order valence-electron chi connectivity index (χ2n) is 5.85. The first-order chi connectivity index (χ1) is 13.6. The van der Waals surface area contributed by atoms with Gasteiger partial charge in [0.2, 0.25) is 0 Å². The quantitative estimate of drug-likeness (QED) is 0.509. The maximum Gasteiger partial charge on any atom is 0.413 e. The molecule has 0 atom stereocenters. The first-order valence-electron chi connectivity index (χ1n) is 8.30. The van der Waals surface area contributed by atoms with E-state index in [2.05, 4.69) is 20.0 Å². The molecule has 0 saturated carbocycles. The van der Waals surface area contributed by atoms with Gasteiger partial charge in [-0.25, -0.2) is 14.8 Å². The number of fused-ring (bicyclic) bond motifs is 1. The average Bonchev–Trinajstić information content (AvgIpc) is 3.35. The van der Waals surface area contributed by atoms with Gasteiger partial charge in [0, 0.05) is 28.4 Å². The van der Waals surface area contributed by atoms with E-state index in [1.165, 1.54) is 18.4 Å².